The number of fused-ring (bicyclic) bond motifs is 5. The molecule has 1 saturated carbocycles. The van der Waals surface area contributed by atoms with Gasteiger partial charge in [0, 0.05) is 11.2 Å². The van der Waals surface area contributed by atoms with Gasteiger partial charge in [0.15, 0.2) is 0 Å². The van der Waals surface area contributed by atoms with E-state index < -0.39 is 7.60 Å². The van der Waals surface area contributed by atoms with Gasteiger partial charge in [-0.15, -0.1) is 0 Å². The van der Waals surface area contributed by atoms with E-state index in [1.807, 2.05) is 13.8 Å². The zero-order valence-electron chi connectivity index (χ0n) is 10.3. The van der Waals surface area contributed by atoms with E-state index in [0.717, 1.165) is 5.31 Å². The third-order valence-electron chi connectivity index (χ3n) is 4.14. The average Bonchev–Trinajstić information content (AvgIpc) is 2.73. The lowest BCUT2D eigenvalue weighted by Crippen LogP contribution is -2.29. The van der Waals surface area contributed by atoms with Gasteiger partial charge in [-0.2, -0.15) is 0 Å². The van der Waals surface area contributed by atoms with E-state index in [-0.39, 0.29) is 0 Å². The van der Waals surface area contributed by atoms with Gasteiger partial charge in [0.1, 0.15) is 0 Å². The molecule has 2 bridgehead atoms. The van der Waals surface area contributed by atoms with Crippen LogP contribution in [-0.2, 0) is 13.6 Å². The second-order valence-corrected chi connectivity index (χ2v) is 7.00. The summed E-state index contributed by atoms with van der Waals surface area (Å²) < 4.78 is 23.5. The molecule has 0 N–H and O–H groups in total. The Morgan fingerprint density at radius 1 is 1.24 bits per heavy atom. The van der Waals surface area contributed by atoms with Gasteiger partial charge in [-0.25, -0.2) is 0 Å². The number of rotatable bonds is 5. The van der Waals surface area contributed by atoms with Gasteiger partial charge in [-0.05, 0) is 38.0 Å². The molecule has 0 amide bonds. The Bertz CT molecular complexity index is 416. The van der Waals surface area contributed by atoms with E-state index in [4.69, 9.17) is 9.05 Å². The van der Waals surface area contributed by atoms with Crippen LogP contribution in [0.3, 0.4) is 0 Å². The van der Waals surface area contributed by atoms with Crippen LogP contribution in [0.2, 0.25) is 0 Å². The van der Waals surface area contributed by atoms with Gasteiger partial charge >= 0.3 is 7.60 Å². The largest absolute Gasteiger partial charge is 0.357 e. The van der Waals surface area contributed by atoms with Crippen molar-refractivity contribution in [2.45, 2.75) is 20.3 Å². The average molecular weight is 254 g/mol. The fourth-order valence-corrected chi connectivity index (χ4v) is 5.63. The second-order valence-electron chi connectivity index (χ2n) is 4.98. The fraction of sp³-hybridized carbons (Fsp3) is 0.692. The van der Waals surface area contributed by atoms with E-state index in [2.05, 4.69) is 18.2 Å². The Morgan fingerprint density at radius 3 is 2.47 bits per heavy atom. The van der Waals surface area contributed by atoms with Gasteiger partial charge in [0.05, 0.1) is 13.2 Å². The minimum Gasteiger partial charge on any atom is -0.306 e. The Hall–Kier alpha value is -0.370. The lowest BCUT2D eigenvalue weighted by atomic mass is 9.75. The lowest BCUT2D eigenvalue weighted by molar-refractivity contribution is 0.215. The first-order chi connectivity index (χ1) is 8.19. The third kappa shape index (κ3) is 1.60. The van der Waals surface area contributed by atoms with Crippen molar-refractivity contribution in [2.24, 2.45) is 23.7 Å². The zero-order chi connectivity index (χ0) is 12.0. The molecule has 3 aliphatic carbocycles. The minimum atomic E-state index is -3.00. The highest BCUT2D eigenvalue weighted by Crippen LogP contribution is 2.70. The molecule has 1 fully saturated rings. The first kappa shape index (κ1) is 11.7. The monoisotopic (exact) mass is 254 g/mol. The van der Waals surface area contributed by atoms with E-state index in [1.54, 1.807) is 0 Å². The van der Waals surface area contributed by atoms with Crippen molar-refractivity contribution in [3.8, 4) is 0 Å². The van der Waals surface area contributed by atoms with Gasteiger partial charge in [-0.3, -0.25) is 4.57 Å². The maximum absolute atomic E-state index is 12.7. The van der Waals surface area contributed by atoms with Crippen LogP contribution in [0.15, 0.2) is 23.5 Å². The van der Waals surface area contributed by atoms with Crippen LogP contribution in [0.25, 0.3) is 0 Å². The standard InChI is InChI=1S/C13H19O3P/c1-3-15-17(14,16-4-2)12-8-11-9-5-6-10(7-9)13(11)12/h5-6,8-11,13H,3-4,7H2,1-2H3. The number of hydrogen-bond acceptors (Lipinski definition) is 3. The molecule has 4 heteroatoms. The van der Waals surface area contributed by atoms with Crippen LogP contribution >= 0.6 is 7.60 Å². The molecule has 4 unspecified atom stereocenters. The summed E-state index contributed by atoms with van der Waals surface area (Å²) in [6, 6.07) is 0. The Morgan fingerprint density at radius 2 is 1.88 bits per heavy atom. The molecule has 3 nitrogen and oxygen atoms in total. The Balaban J connectivity index is 1.84. The van der Waals surface area contributed by atoms with Gasteiger partial charge < -0.3 is 9.05 Å². The first-order valence-electron chi connectivity index (χ1n) is 6.49. The van der Waals surface area contributed by atoms with E-state index in [1.165, 1.54) is 6.42 Å². The molecule has 94 valence electrons. The summed E-state index contributed by atoms with van der Waals surface area (Å²) in [5, 5.41) is 0.947. The van der Waals surface area contributed by atoms with Gasteiger partial charge in [0.25, 0.3) is 0 Å². The first-order valence-corrected chi connectivity index (χ1v) is 8.03. The topological polar surface area (TPSA) is 35.5 Å². The predicted molar refractivity (Wildman–Crippen MR) is 66.7 cm³/mol. The van der Waals surface area contributed by atoms with E-state index >= 15 is 0 Å². The lowest BCUT2D eigenvalue weighted by Gasteiger charge is -2.39. The molecule has 0 aromatic rings. The van der Waals surface area contributed by atoms with Crippen LogP contribution < -0.4 is 0 Å². The maximum atomic E-state index is 12.7. The smallest absolute Gasteiger partial charge is 0.306 e. The van der Waals surface area contributed by atoms with Gasteiger partial charge in [0.2, 0.25) is 0 Å². The van der Waals surface area contributed by atoms with Crippen LogP contribution in [-0.4, -0.2) is 13.2 Å². The summed E-state index contributed by atoms with van der Waals surface area (Å²) in [5.41, 5.74) is 0. The summed E-state index contributed by atoms with van der Waals surface area (Å²) in [5.74, 6) is 2.26. The number of allylic oxidation sites excluding steroid dienone is 4. The molecular formula is C13H19O3P. The molecule has 0 saturated heterocycles. The highest BCUT2D eigenvalue weighted by molar-refractivity contribution is 7.58. The Kier molecular flexibility index (Phi) is 2.81. The van der Waals surface area contributed by atoms with Crippen molar-refractivity contribution < 1.29 is 13.6 Å². The van der Waals surface area contributed by atoms with Crippen LogP contribution in [0, 0.1) is 23.7 Å². The molecule has 0 heterocycles. The molecule has 4 atom stereocenters. The van der Waals surface area contributed by atoms with Crippen molar-refractivity contribution in [3.05, 3.63) is 23.5 Å². The van der Waals surface area contributed by atoms with Crippen LogP contribution in [0.1, 0.15) is 20.3 Å². The third-order valence-corrected chi connectivity index (χ3v) is 6.42. The summed E-state index contributed by atoms with van der Waals surface area (Å²) in [7, 11) is -3.00. The molecule has 0 aliphatic heterocycles. The number of hydrogen-bond donors (Lipinski definition) is 0. The summed E-state index contributed by atoms with van der Waals surface area (Å²) in [6.07, 6.45) is 7.95. The van der Waals surface area contributed by atoms with E-state index in [0.29, 0.717) is 36.9 Å². The van der Waals surface area contributed by atoms with Crippen molar-refractivity contribution in [1.82, 2.24) is 0 Å². The van der Waals surface area contributed by atoms with Crippen LogP contribution in [0.5, 0.6) is 0 Å². The van der Waals surface area contributed by atoms with E-state index in [9.17, 15) is 4.57 Å². The highest BCUT2D eigenvalue weighted by atomic mass is 31.2. The normalized spacial score (nSPS) is 37.9. The van der Waals surface area contributed by atoms with Crippen molar-refractivity contribution in [2.75, 3.05) is 13.2 Å². The quantitative estimate of drug-likeness (QED) is 0.555. The zero-order valence-corrected chi connectivity index (χ0v) is 11.2. The molecule has 0 aromatic heterocycles. The highest BCUT2D eigenvalue weighted by Gasteiger charge is 2.55. The van der Waals surface area contributed by atoms with Crippen molar-refractivity contribution in [3.63, 3.8) is 0 Å². The molecule has 17 heavy (non-hydrogen) atoms. The molecule has 3 rings (SSSR count). The SMILES string of the molecule is CCOP(=O)(OCC)C1=CC2C3C=CC(C3)C12. The summed E-state index contributed by atoms with van der Waals surface area (Å²) in [4.78, 5) is 0. The summed E-state index contributed by atoms with van der Waals surface area (Å²) in [6.45, 7) is 4.61. The maximum Gasteiger partial charge on any atom is 0.357 e. The summed E-state index contributed by atoms with van der Waals surface area (Å²) >= 11 is 0. The molecule has 3 aliphatic rings. The molecule has 0 aromatic carbocycles. The Labute approximate surface area is 102 Å². The fourth-order valence-electron chi connectivity index (χ4n) is 3.49. The second kappa shape index (κ2) is 4.08. The minimum absolute atomic E-state index is 0.425. The molecule has 0 radical (unpaired) electrons. The van der Waals surface area contributed by atoms with Crippen molar-refractivity contribution >= 4 is 7.60 Å². The van der Waals surface area contributed by atoms with Gasteiger partial charge in [-0.1, -0.05) is 18.2 Å². The molecular weight excluding hydrogens is 235 g/mol. The molecule has 0 spiro atoms. The van der Waals surface area contributed by atoms with Crippen LogP contribution in [0.4, 0.5) is 0 Å². The predicted octanol–water partition coefficient (Wildman–Crippen LogP) is 3.59. The van der Waals surface area contributed by atoms with Crippen molar-refractivity contribution in [1.29, 1.82) is 0 Å².